The van der Waals surface area contributed by atoms with Crippen molar-refractivity contribution < 1.29 is 5.11 Å². The van der Waals surface area contributed by atoms with Crippen LogP contribution in [0, 0.1) is 5.92 Å². The molecular formula is C10H18O. The van der Waals surface area contributed by atoms with Crippen molar-refractivity contribution in [1.82, 2.24) is 0 Å². The molecule has 1 heteroatoms. The number of aliphatic hydroxyl groups is 1. The second-order valence-corrected chi connectivity index (χ2v) is 3.70. The van der Waals surface area contributed by atoms with Gasteiger partial charge in [0.1, 0.15) is 0 Å². The van der Waals surface area contributed by atoms with Crippen LogP contribution in [0.1, 0.15) is 39.5 Å². The second kappa shape index (κ2) is 3.91. The Morgan fingerprint density at radius 2 is 2.18 bits per heavy atom. The Hall–Kier alpha value is -0.300. The summed E-state index contributed by atoms with van der Waals surface area (Å²) in [4.78, 5) is 0. The van der Waals surface area contributed by atoms with Gasteiger partial charge in [-0.15, -0.1) is 0 Å². The molecular weight excluding hydrogens is 136 g/mol. The summed E-state index contributed by atoms with van der Waals surface area (Å²) in [5.41, 5.74) is 1.53. The Kier molecular flexibility index (Phi) is 3.13. The molecule has 0 radical (unpaired) electrons. The predicted octanol–water partition coefficient (Wildman–Crippen LogP) is 2.50. The molecule has 1 atom stereocenters. The molecule has 0 heterocycles. The van der Waals surface area contributed by atoms with Crippen LogP contribution in [0.2, 0.25) is 0 Å². The van der Waals surface area contributed by atoms with E-state index >= 15 is 0 Å². The Balaban J connectivity index is 2.48. The molecule has 0 aromatic rings. The first kappa shape index (κ1) is 8.79. The minimum Gasteiger partial charge on any atom is -0.393 e. The summed E-state index contributed by atoms with van der Waals surface area (Å²) in [6.45, 7) is 4.45. The molecule has 0 bridgehead atoms. The van der Waals surface area contributed by atoms with Gasteiger partial charge in [0.05, 0.1) is 6.10 Å². The van der Waals surface area contributed by atoms with Gasteiger partial charge in [-0.1, -0.05) is 25.5 Å². The SMILES string of the molecule is CC(C)C1=CCCC(O)CC1. The van der Waals surface area contributed by atoms with Crippen molar-refractivity contribution >= 4 is 0 Å². The molecule has 0 aliphatic heterocycles. The van der Waals surface area contributed by atoms with Gasteiger partial charge in [-0.3, -0.25) is 0 Å². The summed E-state index contributed by atoms with van der Waals surface area (Å²) in [5, 5.41) is 9.36. The van der Waals surface area contributed by atoms with E-state index in [2.05, 4.69) is 19.9 Å². The van der Waals surface area contributed by atoms with E-state index in [4.69, 9.17) is 0 Å². The molecule has 1 aliphatic carbocycles. The van der Waals surface area contributed by atoms with Crippen LogP contribution in [0.5, 0.6) is 0 Å². The van der Waals surface area contributed by atoms with Crippen LogP contribution in [0.4, 0.5) is 0 Å². The number of rotatable bonds is 1. The van der Waals surface area contributed by atoms with Gasteiger partial charge in [-0.2, -0.15) is 0 Å². The molecule has 64 valence electrons. The molecule has 0 saturated carbocycles. The molecule has 1 aliphatic rings. The molecule has 0 aromatic carbocycles. The average Bonchev–Trinajstić information content (AvgIpc) is 2.13. The van der Waals surface area contributed by atoms with E-state index in [1.807, 2.05) is 0 Å². The Morgan fingerprint density at radius 3 is 2.82 bits per heavy atom. The van der Waals surface area contributed by atoms with E-state index < -0.39 is 0 Å². The van der Waals surface area contributed by atoms with Crippen LogP contribution in [0.25, 0.3) is 0 Å². The fourth-order valence-electron chi connectivity index (χ4n) is 1.57. The van der Waals surface area contributed by atoms with Gasteiger partial charge in [0.15, 0.2) is 0 Å². The maximum Gasteiger partial charge on any atom is 0.0546 e. The van der Waals surface area contributed by atoms with Gasteiger partial charge in [-0.25, -0.2) is 0 Å². The smallest absolute Gasteiger partial charge is 0.0546 e. The third-order valence-electron chi connectivity index (χ3n) is 2.41. The summed E-state index contributed by atoms with van der Waals surface area (Å²) < 4.78 is 0. The first-order valence-corrected chi connectivity index (χ1v) is 4.57. The molecule has 1 nitrogen and oxygen atoms in total. The van der Waals surface area contributed by atoms with Crippen molar-refractivity contribution in [2.45, 2.75) is 45.6 Å². The standard InChI is InChI=1S/C10H18O/c1-8(2)9-4-3-5-10(11)7-6-9/h4,8,10-11H,3,5-7H2,1-2H3. The molecule has 0 aromatic heterocycles. The highest BCUT2D eigenvalue weighted by Gasteiger charge is 2.11. The van der Waals surface area contributed by atoms with Crippen LogP contribution in [-0.4, -0.2) is 11.2 Å². The lowest BCUT2D eigenvalue weighted by molar-refractivity contribution is 0.158. The maximum atomic E-state index is 9.36. The lowest BCUT2D eigenvalue weighted by Crippen LogP contribution is -2.04. The molecule has 1 N–H and O–H groups in total. The quantitative estimate of drug-likeness (QED) is 0.575. The fraction of sp³-hybridized carbons (Fsp3) is 0.800. The highest BCUT2D eigenvalue weighted by Crippen LogP contribution is 2.23. The van der Waals surface area contributed by atoms with E-state index in [0.717, 1.165) is 25.7 Å². The van der Waals surface area contributed by atoms with Crippen LogP contribution >= 0.6 is 0 Å². The van der Waals surface area contributed by atoms with E-state index in [-0.39, 0.29) is 6.10 Å². The zero-order chi connectivity index (χ0) is 8.27. The summed E-state index contributed by atoms with van der Waals surface area (Å²) in [6.07, 6.45) is 6.33. The predicted molar refractivity (Wildman–Crippen MR) is 47.4 cm³/mol. The second-order valence-electron chi connectivity index (χ2n) is 3.70. The summed E-state index contributed by atoms with van der Waals surface area (Å²) in [6, 6.07) is 0. The summed E-state index contributed by atoms with van der Waals surface area (Å²) in [7, 11) is 0. The van der Waals surface area contributed by atoms with Crippen LogP contribution in [-0.2, 0) is 0 Å². The minimum absolute atomic E-state index is 0.0532. The summed E-state index contributed by atoms with van der Waals surface area (Å²) in [5.74, 6) is 0.667. The van der Waals surface area contributed by atoms with E-state index in [1.54, 1.807) is 0 Å². The third-order valence-corrected chi connectivity index (χ3v) is 2.41. The lowest BCUT2D eigenvalue weighted by Gasteiger charge is -2.09. The van der Waals surface area contributed by atoms with Crippen LogP contribution in [0.3, 0.4) is 0 Å². The van der Waals surface area contributed by atoms with Crippen molar-refractivity contribution in [1.29, 1.82) is 0 Å². The van der Waals surface area contributed by atoms with E-state index in [0.29, 0.717) is 5.92 Å². The normalized spacial score (nSPS) is 26.5. The van der Waals surface area contributed by atoms with Gasteiger partial charge >= 0.3 is 0 Å². The van der Waals surface area contributed by atoms with Gasteiger partial charge in [0.25, 0.3) is 0 Å². The molecule has 1 unspecified atom stereocenters. The molecule has 0 fully saturated rings. The first-order chi connectivity index (χ1) is 5.20. The van der Waals surface area contributed by atoms with Crippen molar-refractivity contribution in [3.8, 4) is 0 Å². The number of hydrogen-bond acceptors (Lipinski definition) is 1. The molecule has 0 amide bonds. The first-order valence-electron chi connectivity index (χ1n) is 4.57. The Bertz CT molecular complexity index is 147. The highest BCUT2D eigenvalue weighted by molar-refractivity contribution is 5.06. The highest BCUT2D eigenvalue weighted by atomic mass is 16.3. The van der Waals surface area contributed by atoms with Crippen molar-refractivity contribution in [3.05, 3.63) is 11.6 Å². The Labute approximate surface area is 69.1 Å². The van der Waals surface area contributed by atoms with Crippen LogP contribution in [0.15, 0.2) is 11.6 Å². The third kappa shape index (κ3) is 2.66. The van der Waals surface area contributed by atoms with Crippen LogP contribution < -0.4 is 0 Å². The minimum atomic E-state index is -0.0532. The average molecular weight is 154 g/mol. The number of aliphatic hydroxyl groups excluding tert-OH is 1. The fourth-order valence-corrected chi connectivity index (χ4v) is 1.57. The maximum absolute atomic E-state index is 9.36. The largest absolute Gasteiger partial charge is 0.393 e. The van der Waals surface area contributed by atoms with E-state index in [9.17, 15) is 5.11 Å². The molecule has 0 saturated heterocycles. The van der Waals surface area contributed by atoms with Crippen molar-refractivity contribution in [2.24, 2.45) is 5.92 Å². The molecule has 0 spiro atoms. The topological polar surface area (TPSA) is 20.2 Å². The molecule has 11 heavy (non-hydrogen) atoms. The van der Waals surface area contributed by atoms with Gasteiger partial charge in [0, 0.05) is 0 Å². The summed E-state index contributed by atoms with van der Waals surface area (Å²) >= 11 is 0. The van der Waals surface area contributed by atoms with Gasteiger partial charge < -0.3 is 5.11 Å². The zero-order valence-corrected chi connectivity index (χ0v) is 7.51. The van der Waals surface area contributed by atoms with Crippen molar-refractivity contribution in [3.63, 3.8) is 0 Å². The lowest BCUT2D eigenvalue weighted by atomic mass is 9.98. The van der Waals surface area contributed by atoms with Gasteiger partial charge in [0.2, 0.25) is 0 Å². The zero-order valence-electron chi connectivity index (χ0n) is 7.51. The van der Waals surface area contributed by atoms with Crippen molar-refractivity contribution in [2.75, 3.05) is 0 Å². The Morgan fingerprint density at radius 1 is 1.45 bits per heavy atom. The number of hydrogen-bond donors (Lipinski definition) is 1. The molecule has 1 rings (SSSR count). The number of allylic oxidation sites excluding steroid dienone is 2. The van der Waals surface area contributed by atoms with Gasteiger partial charge in [-0.05, 0) is 31.6 Å². The van der Waals surface area contributed by atoms with E-state index in [1.165, 1.54) is 5.57 Å². The monoisotopic (exact) mass is 154 g/mol.